The summed E-state index contributed by atoms with van der Waals surface area (Å²) in [4.78, 5) is 27.6. The van der Waals surface area contributed by atoms with Crippen LogP contribution in [0.2, 0.25) is 0 Å². The Morgan fingerprint density at radius 2 is 1.24 bits per heavy atom. The number of fused-ring (bicyclic) bond motifs is 2. The average molecular weight is 577 g/mol. The van der Waals surface area contributed by atoms with Crippen molar-refractivity contribution in [3.05, 3.63) is 83.4 Å². The van der Waals surface area contributed by atoms with E-state index in [-0.39, 0.29) is 25.4 Å². The molecular weight excluding hydrogens is 532 g/mol. The van der Waals surface area contributed by atoms with Crippen molar-refractivity contribution in [3.8, 4) is 11.5 Å². The van der Waals surface area contributed by atoms with Crippen molar-refractivity contribution < 1.29 is 28.9 Å². The standard InChI is InChI=1S/C20H23NO3.C13H17NO3.CH4/c1-20(2,3)24-19(22)21-12-11-16-9-10-17(13-18(16)21)23-14-15-7-5-4-6-8-15;1-13(2,3)17-12(16)14-7-6-9-4-5-10(15)8-11(9)14;/h4-10,13H,11-12,14H2,1-3H3;4-5,8,15H,6-7H2,1-3H3;1H4. The van der Waals surface area contributed by atoms with Crippen molar-refractivity contribution >= 4 is 23.6 Å². The summed E-state index contributed by atoms with van der Waals surface area (Å²) >= 11 is 0. The van der Waals surface area contributed by atoms with Crippen LogP contribution < -0.4 is 14.5 Å². The molecule has 2 amide bonds. The van der Waals surface area contributed by atoms with Crippen LogP contribution in [0.4, 0.5) is 21.0 Å². The molecule has 1 N–H and O–H groups in total. The van der Waals surface area contributed by atoms with Crippen LogP contribution in [0, 0.1) is 0 Å². The zero-order valence-corrected chi connectivity index (χ0v) is 24.8. The minimum absolute atomic E-state index is 0. The van der Waals surface area contributed by atoms with Gasteiger partial charge in [0.25, 0.3) is 0 Å². The summed E-state index contributed by atoms with van der Waals surface area (Å²) in [6.45, 7) is 12.9. The molecule has 8 nitrogen and oxygen atoms in total. The Morgan fingerprint density at radius 1 is 0.738 bits per heavy atom. The van der Waals surface area contributed by atoms with Crippen LogP contribution in [0.5, 0.6) is 11.5 Å². The summed E-state index contributed by atoms with van der Waals surface area (Å²) < 4.78 is 16.7. The first-order chi connectivity index (χ1) is 19.3. The van der Waals surface area contributed by atoms with E-state index in [1.807, 2.05) is 96.1 Å². The molecule has 0 bridgehead atoms. The summed E-state index contributed by atoms with van der Waals surface area (Å²) in [7, 11) is 0. The molecule has 2 aliphatic heterocycles. The summed E-state index contributed by atoms with van der Waals surface area (Å²) in [5, 5.41) is 9.45. The first-order valence-electron chi connectivity index (χ1n) is 13.9. The zero-order valence-electron chi connectivity index (χ0n) is 24.8. The number of hydrogen-bond donors (Lipinski definition) is 1. The zero-order chi connectivity index (χ0) is 29.8. The smallest absolute Gasteiger partial charge is 0.414 e. The van der Waals surface area contributed by atoms with E-state index in [9.17, 15) is 14.7 Å². The summed E-state index contributed by atoms with van der Waals surface area (Å²) in [6, 6.07) is 21.0. The number of benzene rings is 3. The Hall–Kier alpha value is -4.20. The molecule has 3 aromatic carbocycles. The minimum Gasteiger partial charge on any atom is -0.508 e. The van der Waals surface area contributed by atoms with E-state index < -0.39 is 11.2 Å². The van der Waals surface area contributed by atoms with E-state index in [4.69, 9.17) is 14.2 Å². The molecule has 0 aromatic heterocycles. The maximum atomic E-state index is 12.4. The molecule has 0 saturated carbocycles. The van der Waals surface area contributed by atoms with E-state index in [0.29, 0.717) is 19.7 Å². The molecule has 5 rings (SSSR count). The van der Waals surface area contributed by atoms with Crippen LogP contribution in [0.1, 0.15) is 65.7 Å². The molecule has 0 unspecified atom stereocenters. The number of carbonyl (C=O) groups excluding carboxylic acids is 2. The van der Waals surface area contributed by atoms with Gasteiger partial charge in [-0.3, -0.25) is 9.80 Å². The van der Waals surface area contributed by atoms with E-state index in [1.165, 1.54) is 0 Å². The lowest BCUT2D eigenvalue weighted by Gasteiger charge is -2.25. The Labute approximate surface area is 249 Å². The van der Waals surface area contributed by atoms with Gasteiger partial charge in [0.1, 0.15) is 29.3 Å². The van der Waals surface area contributed by atoms with Gasteiger partial charge in [-0.1, -0.05) is 49.9 Å². The molecule has 0 fully saturated rings. The molecular formula is C34H44N2O6. The van der Waals surface area contributed by atoms with Crippen molar-refractivity contribution in [2.75, 3.05) is 22.9 Å². The monoisotopic (exact) mass is 576 g/mol. The second-order valence-electron chi connectivity index (χ2n) is 12.1. The van der Waals surface area contributed by atoms with Gasteiger partial charge in [0, 0.05) is 25.2 Å². The number of aromatic hydroxyl groups is 1. The number of phenolic OH excluding ortho intramolecular Hbond substituents is 1. The van der Waals surface area contributed by atoms with E-state index in [0.717, 1.165) is 46.7 Å². The fourth-order valence-corrected chi connectivity index (χ4v) is 4.57. The molecule has 8 heteroatoms. The molecule has 0 atom stereocenters. The number of nitrogens with zero attached hydrogens (tertiary/aromatic N) is 2. The van der Waals surface area contributed by atoms with Crippen molar-refractivity contribution in [2.24, 2.45) is 0 Å². The number of anilines is 2. The summed E-state index contributed by atoms with van der Waals surface area (Å²) in [6.07, 6.45) is 0.978. The normalized spacial score (nSPS) is 13.7. The molecule has 2 heterocycles. The first-order valence-corrected chi connectivity index (χ1v) is 13.9. The highest BCUT2D eigenvalue weighted by molar-refractivity contribution is 5.91. The molecule has 0 aliphatic carbocycles. The maximum Gasteiger partial charge on any atom is 0.414 e. The van der Waals surface area contributed by atoms with Gasteiger partial charge in [-0.05, 0) is 83.2 Å². The van der Waals surface area contributed by atoms with Gasteiger partial charge in [0.2, 0.25) is 0 Å². The molecule has 0 saturated heterocycles. The van der Waals surface area contributed by atoms with Gasteiger partial charge < -0.3 is 19.3 Å². The third-order valence-electron chi connectivity index (χ3n) is 6.39. The van der Waals surface area contributed by atoms with E-state index >= 15 is 0 Å². The van der Waals surface area contributed by atoms with Gasteiger partial charge in [-0.25, -0.2) is 9.59 Å². The predicted octanol–water partition coefficient (Wildman–Crippen LogP) is 7.89. The molecule has 0 radical (unpaired) electrons. The quantitative estimate of drug-likeness (QED) is 0.341. The lowest BCUT2D eigenvalue weighted by molar-refractivity contribution is 0.0573. The number of hydrogen-bond acceptors (Lipinski definition) is 6. The highest BCUT2D eigenvalue weighted by Gasteiger charge is 2.30. The Bertz CT molecular complexity index is 1380. The number of carbonyl (C=O) groups is 2. The van der Waals surface area contributed by atoms with E-state index in [1.54, 1.807) is 21.9 Å². The first kappa shape index (κ1) is 32.3. The second-order valence-corrected chi connectivity index (χ2v) is 12.1. The molecule has 42 heavy (non-hydrogen) atoms. The minimum atomic E-state index is -0.503. The Morgan fingerprint density at radius 3 is 1.76 bits per heavy atom. The number of rotatable bonds is 3. The van der Waals surface area contributed by atoms with Crippen molar-refractivity contribution in [2.45, 2.75) is 79.6 Å². The molecule has 0 spiro atoms. The highest BCUT2D eigenvalue weighted by Crippen LogP contribution is 2.34. The van der Waals surface area contributed by atoms with Crippen LogP contribution in [-0.2, 0) is 28.9 Å². The predicted molar refractivity (Wildman–Crippen MR) is 167 cm³/mol. The van der Waals surface area contributed by atoms with Gasteiger partial charge in [-0.15, -0.1) is 0 Å². The highest BCUT2D eigenvalue weighted by atomic mass is 16.6. The van der Waals surface area contributed by atoms with Crippen molar-refractivity contribution in [3.63, 3.8) is 0 Å². The lowest BCUT2D eigenvalue weighted by atomic mass is 10.1. The van der Waals surface area contributed by atoms with Crippen LogP contribution in [0.25, 0.3) is 0 Å². The molecule has 2 aliphatic rings. The van der Waals surface area contributed by atoms with Gasteiger partial charge in [0.15, 0.2) is 0 Å². The maximum absolute atomic E-state index is 12.4. The second kappa shape index (κ2) is 13.2. The Kier molecular flexibility index (Phi) is 10.1. The van der Waals surface area contributed by atoms with Crippen LogP contribution in [-0.4, -0.2) is 41.6 Å². The largest absolute Gasteiger partial charge is 0.508 e. The van der Waals surface area contributed by atoms with Crippen LogP contribution in [0.15, 0.2) is 66.7 Å². The number of amides is 2. The van der Waals surface area contributed by atoms with Gasteiger partial charge in [-0.2, -0.15) is 0 Å². The van der Waals surface area contributed by atoms with Crippen LogP contribution in [0.3, 0.4) is 0 Å². The average Bonchev–Trinajstić information content (AvgIpc) is 3.50. The summed E-state index contributed by atoms with van der Waals surface area (Å²) in [5.41, 5.74) is 3.95. The Balaban J connectivity index is 0.000000238. The number of phenols is 1. The summed E-state index contributed by atoms with van der Waals surface area (Å²) in [5.74, 6) is 0.923. The molecule has 226 valence electrons. The topological polar surface area (TPSA) is 88.5 Å². The van der Waals surface area contributed by atoms with Crippen molar-refractivity contribution in [1.29, 1.82) is 0 Å². The molecule has 3 aromatic rings. The van der Waals surface area contributed by atoms with Gasteiger partial charge in [0.05, 0.1) is 11.4 Å². The third kappa shape index (κ3) is 8.65. The SMILES string of the molecule is C.CC(C)(C)OC(=O)N1CCc2ccc(O)cc21.CC(C)(C)OC(=O)N1CCc2ccc(OCc3ccccc3)cc21. The fourth-order valence-electron chi connectivity index (χ4n) is 4.57. The van der Waals surface area contributed by atoms with Crippen molar-refractivity contribution in [1.82, 2.24) is 0 Å². The fraction of sp³-hybridized carbons (Fsp3) is 0.412. The van der Waals surface area contributed by atoms with E-state index in [2.05, 4.69) is 0 Å². The van der Waals surface area contributed by atoms with Crippen LogP contribution >= 0.6 is 0 Å². The lowest BCUT2D eigenvalue weighted by Crippen LogP contribution is -2.35. The number of ether oxygens (including phenoxy) is 3. The van der Waals surface area contributed by atoms with Gasteiger partial charge >= 0.3 is 12.2 Å². The third-order valence-corrected chi connectivity index (χ3v) is 6.39.